The molecule has 0 unspecified atom stereocenters. The largest absolute Gasteiger partial charge is 0.511 e. The molecule has 7 nitrogen and oxygen atoms in total. The molecule has 0 aliphatic heterocycles. The molecule has 4 N–H and O–H groups in total. The van der Waals surface area contributed by atoms with Crippen LogP contribution in [0.2, 0.25) is 0 Å². The second kappa shape index (κ2) is 6.51. The molecule has 1 aliphatic carbocycles. The Morgan fingerprint density at radius 2 is 2.05 bits per heavy atom. The standard InChI is InChI=1S/C14H20N2O5/c1-14(2)5-10(17)8(11(18)6-14)7-16-9(13(20)21)3-4-12(15)19/h7,9,17H,3-6H2,1-2H3,(H2,15,19)(H,20,21)/t9-/m0/s1. The number of carbonyl (C=O) groups is 3. The fourth-order valence-electron chi connectivity index (χ4n) is 2.15. The first-order valence-electron chi connectivity index (χ1n) is 6.62. The van der Waals surface area contributed by atoms with Crippen LogP contribution in [0.15, 0.2) is 16.3 Å². The molecule has 0 saturated carbocycles. The van der Waals surface area contributed by atoms with Gasteiger partial charge >= 0.3 is 5.97 Å². The van der Waals surface area contributed by atoms with Crippen molar-refractivity contribution in [3.63, 3.8) is 0 Å². The van der Waals surface area contributed by atoms with Gasteiger partial charge in [-0.15, -0.1) is 0 Å². The highest BCUT2D eigenvalue weighted by molar-refractivity contribution is 6.14. The number of primary amides is 1. The first-order chi connectivity index (χ1) is 9.62. The van der Waals surface area contributed by atoms with Crippen molar-refractivity contribution in [2.45, 2.75) is 45.6 Å². The molecule has 0 radical (unpaired) electrons. The fourth-order valence-corrected chi connectivity index (χ4v) is 2.15. The van der Waals surface area contributed by atoms with Crippen LogP contribution < -0.4 is 5.73 Å². The third kappa shape index (κ3) is 5.02. The zero-order chi connectivity index (χ0) is 16.2. The zero-order valence-corrected chi connectivity index (χ0v) is 12.1. The van der Waals surface area contributed by atoms with E-state index in [1.807, 2.05) is 13.8 Å². The molecular formula is C14H20N2O5. The second-order valence-electron chi connectivity index (χ2n) is 5.94. The number of ketones is 1. The smallest absolute Gasteiger partial charge is 0.328 e. The number of nitrogens with two attached hydrogens (primary N) is 1. The number of carboxylic acid groups (broad SMARTS) is 1. The van der Waals surface area contributed by atoms with Crippen LogP contribution >= 0.6 is 0 Å². The van der Waals surface area contributed by atoms with E-state index in [-0.39, 0.29) is 41.8 Å². The van der Waals surface area contributed by atoms with Gasteiger partial charge in [-0.25, -0.2) is 4.79 Å². The number of carboxylic acids is 1. The Morgan fingerprint density at radius 3 is 2.52 bits per heavy atom. The average molecular weight is 296 g/mol. The number of allylic oxidation sites excluding steroid dienone is 2. The van der Waals surface area contributed by atoms with Gasteiger partial charge in [-0.05, 0) is 11.8 Å². The van der Waals surface area contributed by atoms with Crippen LogP contribution in [0.25, 0.3) is 0 Å². The number of aliphatic carboxylic acids is 1. The molecule has 0 bridgehead atoms. The lowest BCUT2D eigenvalue weighted by Gasteiger charge is -2.28. The lowest BCUT2D eigenvalue weighted by molar-refractivity contribution is -0.138. The Bertz CT molecular complexity index is 519. The van der Waals surface area contributed by atoms with E-state index in [1.54, 1.807) is 0 Å². The van der Waals surface area contributed by atoms with Gasteiger partial charge in [0, 0.05) is 25.5 Å². The number of aliphatic imine (C=N–C) groups is 1. The van der Waals surface area contributed by atoms with Crippen molar-refractivity contribution in [1.29, 1.82) is 0 Å². The van der Waals surface area contributed by atoms with Crippen LogP contribution in [-0.2, 0) is 14.4 Å². The maximum absolute atomic E-state index is 11.9. The van der Waals surface area contributed by atoms with E-state index >= 15 is 0 Å². The highest BCUT2D eigenvalue weighted by Crippen LogP contribution is 2.35. The van der Waals surface area contributed by atoms with E-state index in [0.717, 1.165) is 6.21 Å². The zero-order valence-electron chi connectivity index (χ0n) is 12.1. The van der Waals surface area contributed by atoms with Crippen molar-refractivity contribution >= 4 is 23.9 Å². The van der Waals surface area contributed by atoms with E-state index < -0.39 is 17.9 Å². The fraction of sp³-hybridized carbons (Fsp3) is 0.571. The van der Waals surface area contributed by atoms with E-state index in [1.165, 1.54) is 0 Å². The van der Waals surface area contributed by atoms with Gasteiger partial charge in [0.05, 0.1) is 5.57 Å². The predicted octanol–water partition coefficient (Wildman–Crippen LogP) is 0.977. The summed E-state index contributed by atoms with van der Waals surface area (Å²) in [5.74, 6) is -2.18. The van der Waals surface area contributed by atoms with Crippen molar-refractivity contribution in [1.82, 2.24) is 0 Å². The van der Waals surface area contributed by atoms with Gasteiger partial charge in [0.1, 0.15) is 11.8 Å². The molecule has 0 spiro atoms. The SMILES string of the molecule is CC1(C)CC(=O)C(C=N[C@@H](CCC(N)=O)C(=O)O)=C(O)C1. The third-order valence-electron chi connectivity index (χ3n) is 3.23. The predicted molar refractivity (Wildman–Crippen MR) is 76.0 cm³/mol. The van der Waals surface area contributed by atoms with Gasteiger partial charge in [-0.3, -0.25) is 14.6 Å². The van der Waals surface area contributed by atoms with E-state index in [2.05, 4.69) is 4.99 Å². The van der Waals surface area contributed by atoms with Gasteiger partial charge in [0.15, 0.2) is 5.78 Å². The summed E-state index contributed by atoms with van der Waals surface area (Å²) < 4.78 is 0. The van der Waals surface area contributed by atoms with Gasteiger partial charge in [0.25, 0.3) is 0 Å². The van der Waals surface area contributed by atoms with E-state index in [0.29, 0.717) is 6.42 Å². The maximum atomic E-state index is 11.9. The summed E-state index contributed by atoms with van der Waals surface area (Å²) in [6, 6.07) is -1.17. The van der Waals surface area contributed by atoms with Crippen LogP contribution in [0.4, 0.5) is 0 Å². The van der Waals surface area contributed by atoms with Crippen molar-refractivity contribution in [3.8, 4) is 0 Å². The number of Topliss-reactive ketones (excluding diaryl/α,β-unsaturated/α-hetero) is 1. The Hall–Kier alpha value is -2.18. The molecule has 0 fully saturated rings. The normalized spacial score (nSPS) is 19.8. The van der Waals surface area contributed by atoms with Crippen molar-refractivity contribution in [2.24, 2.45) is 16.1 Å². The monoisotopic (exact) mass is 296 g/mol. The molecule has 1 aliphatic rings. The molecule has 0 aromatic rings. The van der Waals surface area contributed by atoms with Gasteiger partial charge in [-0.1, -0.05) is 13.8 Å². The summed E-state index contributed by atoms with van der Waals surface area (Å²) in [4.78, 5) is 37.4. The molecule has 0 heterocycles. The molecule has 1 atom stereocenters. The van der Waals surface area contributed by atoms with Crippen LogP contribution in [0.1, 0.15) is 39.5 Å². The maximum Gasteiger partial charge on any atom is 0.328 e. The summed E-state index contributed by atoms with van der Waals surface area (Å²) >= 11 is 0. The Kier molecular flexibility index (Phi) is 5.23. The lowest BCUT2D eigenvalue weighted by Crippen LogP contribution is -2.27. The van der Waals surface area contributed by atoms with Gasteiger partial charge in [0.2, 0.25) is 5.91 Å². The quantitative estimate of drug-likeness (QED) is 0.629. The molecule has 116 valence electrons. The number of aliphatic hydroxyl groups is 1. The molecule has 0 aromatic carbocycles. The Balaban J connectivity index is 2.88. The minimum Gasteiger partial charge on any atom is -0.511 e. The number of hydrogen-bond acceptors (Lipinski definition) is 5. The molecule has 7 heteroatoms. The summed E-state index contributed by atoms with van der Waals surface area (Å²) in [7, 11) is 0. The number of aliphatic hydroxyl groups excluding tert-OH is 1. The Labute approximate surface area is 122 Å². The Morgan fingerprint density at radius 1 is 1.43 bits per heavy atom. The molecule has 21 heavy (non-hydrogen) atoms. The average Bonchev–Trinajstić information content (AvgIpc) is 2.29. The molecule has 0 aromatic heterocycles. The van der Waals surface area contributed by atoms with Crippen LogP contribution in [-0.4, -0.2) is 40.1 Å². The summed E-state index contributed by atoms with van der Waals surface area (Å²) in [5, 5.41) is 18.9. The molecule has 0 saturated heterocycles. The van der Waals surface area contributed by atoms with Gasteiger partial charge in [-0.2, -0.15) is 0 Å². The number of nitrogens with zero attached hydrogens (tertiary/aromatic N) is 1. The van der Waals surface area contributed by atoms with Crippen LogP contribution in [0.3, 0.4) is 0 Å². The molecule has 1 amide bonds. The minimum absolute atomic E-state index is 0.0413. The topological polar surface area (TPSA) is 130 Å². The van der Waals surface area contributed by atoms with Crippen molar-refractivity contribution in [2.75, 3.05) is 0 Å². The first-order valence-corrected chi connectivity index (χ1v) is 6.62. The third-order valence-corrected chi connectivity index (χ3v) is 3.23. The number of carbonyl (C=O) groups excluding carboxylic acids is 2. The number of amides is 1. The summed E-state index contributed by atoms with van der Waals surface area (Å²) in [6.45, 7) is 3.73. The second-order valence-corrected chi connectivity index (χ2v) is 5.94. The number of rotatable bonds is 6. The van der Waals surface area contributed by atoms with Gasteiger partial charge < -0.3 is 15.9 Å². The first kappa shape index (κ1) is 16.9. The summed E-state index contributed by atoms with van der Waals surface area (Å²) in [5.41, 5.74) is 4.69. The van der Waals surface area contributed by atoms with Crippen molar-refractivity contribution in [3.05, 3.63) is 11.3 Å². The minimum atomic E-state index is -1.21. The van der Waals surface area contributed by atoms with Crippen molar-refractivity contribution < 1.29 is 24.6 Å². The lowest BCUT2D eigenvalue weighted by atomic mass is 9.77. The van der Waals surface area contributed by atoms with E-state index in [4.69, 9.17) is 10.8 Å². The summed E-state index contributed by atoms with van der Waals surface area (Å²) in [6.07, 6.45) is 1.53. The van der Waals surface area contributed by atoms with Crippen LogP contribution in [0.5, 0.6) is 0 Å². The molecule has 1 rings (SSSR count). The highest BCUT2D eigenvalue weighted by atomic mass is 16.4. The molecular weight excluding hydrogens is 276 g/mol. The van der Waals surface area contributed by atoms with E-state index in [9.17, 15) is 19.5 Å². The number of hydrogen-bond donors (Lipinski definition) is 3. The van der Waals surface area contributed by atoms with Crippen LogP contribution in [0, 0.1) is 5.41 Å². The highest BCUT2D eigenvalue weighted by Gasteiger charge is 2.32.